The first-order chi connectivity index (χ1) is 9.64. The van der Waals surface area contributed by atoms with Crippen molar-refractivity contribution in [3.8, 4) is 0 Å². The van der Waals surface area contributed by atoms with Crippen LogP contribution in [0.5, 0.6) is 0 Å². The molecule has 0 radical (unpaired) electrons. The number of nitrogens with one attached hydrogen (secondary N) is 2. The van der Waals surface area contributed by atoms with Crippen molar-refractivity contribution in [3.05, 3.63) is 29.8 Å². The Balaban J connectivity index is 2.67. The van der Waals surface area contributed by atoms with E-state index in [-0.39, 0.29) is 17.3 Å². The van der Waals surface area contributed by atoms with Crippen LogP contribution in [0.2, 0.25) is 0 Å². The molecule has 0 aliphatic heterocycles. The highest BCUT2D eigenvalue weighted by Crippen LogP contribution is 2.11. The summed E-state index contributed by atoms with van der Waals surface area (Å²) in [5.74, 6) is 0.113. The smallest absolute Gasteiger partial charge is 0.241 e. The second kappa shape index (κ2) is 7.24. The van der Waals surface area contributed by atoms with Gasteiger partial charge in [0.1, 0.15) is 0 Å². The maximum Gasteiger partial charge on any atom is 0.241 e. The predicted octanol–water partition coefficient (Wildman–Crippen LogP) is 1.66. The molecule has 0 spiro atoms. The second-order valence-corrected chi connectivity index (χ2v) is 7.85. The minimum absolute atomic E-state index is 0.129. The Bertz CT molecular complexity index is 577. The fraction of sp³-hybridized carbons (Fsp3) is 0.500. The van der Waals surface area contributed by atoms with Gasteiger partial charge < -0.3 is 5.32 Å². The number of benzene rings is 1. The van der Waals surface area contributed by atoms with Crippen molar-refractivity contribution in [2.45, 2.75) is 37.6 Å². The molecule has 21 heavy (non-hydrogen) atoms. The molecular formula is C14H21ClN2O3S. The van der Waals surface area contributed by atoms with Crippen LogP contribution in [0.1, 0.15) is 26.3 Å². The van der Waals surface area contributed by atoms with E-state index in [4.69, 9.17) is 11.6 Å². The van der Waals surface area contributed by atoms with Crippen molar-refractivity contribution in [1.82, 2.24) is 10.0 Å². The lowest BCUT2D eigenvalue weighted by molar-refractivity contribution is -0.121. The van der Waals surface area contributed by atoms with Crippen LogP contribution >= 0.6 is 11.6 Å². The third kappa shape index (κ3) is 6.46. The fourth-order valence-electron chi connectivity index (χ4n) is 1.65. The third-order valence-electron chi connectivity index (χ3n) is 2.55. The maximum atomic E-state index is 12.1. The monoisotopic (exact) mass is 332 g/mol. The summed E-state index contributed by atoms with van der Waals surface area (Å²) in [5.41, 5.74) is 0.570. The van der Waals surface area contributed by atoms with E-state index < -0.39 is 15.6 Å². The molecule has 2 N–H and O–H groups in total. The highest BCUT2D eigenvalue weighted by molar-refractivity contribution is 7.89. The number of carbonyl (C=O) groups excluding carboxylic acids is 1. The summed E-state index contributed by atoms with van der Waals surface area (Å²) in [6.07, 6.45) is 0.684. The van der Waals surface area contributed by atoms with Gasteiger partial charge in [0.25, 0.3) is 0 Å². The molecule has 0 saturated carbocycles. The van der Waals surface area contributed by atoms with Gasteiger partial charge in [0, 0.05) is 11.4 Å². The van der Waals surface area contributed by atoms with Gasteiger partial charge in [0.05, 0.1) is 11.4 Å². The molecular weight excluding hydrogens is 312 g/mol. The van der Waals surface area contributed by atoms with Crippen LogP contribution in [0.3, 0.4) is 0 Å². The number of sulfonamides is 1. The van der Waals surface area contributed by atoms with Crippen LogP contribution in [-0.2, 0) is 21.2 Å². The molecule has 1 rings (SSSR count). The molecule has 0 bridgehead atoms. The predicted molar refractivity (Wildman–Crippen MR) is 84.0 cm³/mol. The zero-order valence-electron chi connectivity index (χ0n) is 12.4. The van der Waals surface area contributed by atoms with Crippen LogP contribution in [-0.4, -0.2) is 32.3 Å². The number of hydrogen-bond donors (Lipinski definition) is 2. The number of halogens is 1. The average Bonchev–Trinajstić information content (AvgIpc) is 2.36. The lowest BCUT2D eigenvalue weighted by Gasteiger charge is -2.20. The molecule has 1 aromatic rings. The Kier molecular flexibility index (Phi) is 6.19. The number of aryl methyl sites for hydroxylation is 1. The van der Waals surface area contributed by atoms with Crippen molar-refractivity contribution < 1.29 is 13.2 Å². The van der Waals surface area contributed by atoms with E-state index >= 15 is 0 Å². The molecule has 5 nitrogen and oxygen atoms in total. The van der Waals surface area contributed by atoms with E-state index in [9.17, 15) is 13.2 Å². The van der Waals surface area contributed by atoms with Gasteiger partial charge in [-0.15, -0.1) is 11.6 Å². The topological polar surface area (TPSA) is 75.3 Å². The lowest BCUT2D eigenvalue weighted by Crippen LogP contribution is -2.45. The normalized spacial score (nSPS) is 12.2. The van der Waals surface area contributed by atoms with E-state index in [1.54, 1.807) is 12.1 Å². The van der Waals surface area contributed by atoms with Gasteiger partial charge in [-0.2, -0.15) is 0 Å². The fourth-order valence-corrected chi connectivity index (χ4v) is 2.85. The molecule has 7 heteroatoms. The Labute approximate surface area is 131 Å². The third-order valence-corrected chi connectivity index (χ3v) is 4.16. The summed E-state index contributed by atoms with van der Waals surface area (Å²) in [4.78, 5) is 11.8. The van der Waals surface area contributed by atoms with E-state index in [0.29, 0.717) is 12.3 Å². The first kappa shape index (κ1) is 17.9. The molecule has 1 amide bonds. The van der Waals surface area contributed by atoms with Gasteiger partial charge in [-0.1, -0.05) is 12.1 Å². The Morgan fingerprint density at radius 1 is 1.19 bits per heavy atom. The molecule has 0 aromatic heterocycles. The number of amides is 1. The zero-order valence-corrected chi connectivity index (χ0v) is 14.0. The molecule has 0 atom stereocenters. The van der Waals surface area contributed by atoms with E-state index in [0.717, 1.165) is 5.56 Å². The Morgan fingerprint density at radius 3 is 2.24 bits per heavy atom. The van der Waals surface area contributed by atoms with Gasteiger partial charge in [-0.05, 0) is 44.9 Å². The maximum absolute atomic E-state index is 12.1. The molecule has 0 saturated heterocycles. The van der Waals surface area contributed by atoms with Crippen molar-refractivity contribution in [1.29, 1.82) is 0 Å². The highest BCUT2D eigenvalue weighted by atomic mass is 35.5. The SMILES string of the molecule is CC(C)(C)NC(=O)CNS(=O)(=O)c1ccc(CCCl)cc1. The average molecular weight is 333 g/mol. The molecule has 0 fully saturated rings. The molecule has 0 aliphatic carbocycles. The molecule has 0 aliphatic rings. The van der Waals surface area contributed by atoms with Crippen LogP contribution in [0.15, 0.2) is 29.2 Å². The van der Waals surface area contributed by atoms with Gasteiger partial charge in [0.15, 0.2) is 0 Å². The highest BCUT2D eigenvalue weighted by Gasteiger charge is 2.18. The summed E-state index contributed by atoms with van der Waals surface area (Å²) >= 11 is 5.63. The zero-order chi connectivity index (χ0) is 16.1. The van der Waals surface area contributed by atoms with Gasteiger partial charge >= 0.3 is 0 Å². The summed E-state index contributed by atoms with van der Waals surface area (Å²) in [5, 5.41) is 2.69. The molecule has 0 unspecified atom stereocenters. The second-order valence-electron chi connectivity index (χ2n) is 5.71. The first-order valence-electron chi connectivity index (χ1n) is 6.59. The number of hydrogen-bond acceptors (Lipinski definition) is 3. The van der Waals surface area contributed by atoms with Crippen LogP contribution in [0, 0.1) is 0 Å². The minimum Gasteiger partial charge on any atom is -0.350 e. The molecule has 118 valence electrons. The number of rotatable bonds is 6. The standard InChI is InChI=1S/C14H21ClN2O3S/c1-14(2,3)17-13(18)10-16-21(19,20)12-6-4-11(5-7-12)8-9-15/h4-7,16H,8-10H2,1-3H3,(H,17,18). The summed E-state index contributed by atoms with van der Waals surface area (Å²) in [6.45, 7) is 5.20. The van der Waals surface area contributed by atoms with Crippen LogP contribution < -0.4 is 10.0 Å². The van der Waals surface area contributed by atoms with E-state index in [2.05, 4.69) is 10.0 Å². The van der Waals surface area contributed by atoms with Gasteiger partial charge in [-0.3, -0.25) is 4.79 Å². The van der Waals surface area contributed by atoms with Crippen molar-refractivity contribution in [2.24, 2.45) is 0 Å². The lowest BCUT2D eigenvalue weighted by atomic mass is 10.1. The first-order valence-corrected chi connectivity index (χ1v) is 8.61. The van der Waals surface area contributed by atoms with Crippen LogP contribution in [0.4, 0.5) is 0 Å². The summed E-state index contributed by atoms with van der Waals surface area (Å²) < 4.78 is 26.4. The van der Waals surface area contributed by atoms with Crippen molar-refractivity contribution in [2.75, 3.05) is 12.4 Å². The molecule has 1 aromatic carbocycles. The van der Waals surface area contributed by atoms with Crippen LogP contribution in [0.25, 0.3) is 0 Å². The number of carbonyl (C=O) groups is 1. The summed E-state index contributed by atoms with van der Waals surface area (Å²) in [7, 11) is -3.69. The number of alkyl halides is 1. The Hall–Kier alpha value is -1.11. The largest absolute Gasteiger partial charge is 0.350 e. The quantitative estimate of drug-likeness (QED) is 0.778. The van der Waals surface area contributed by atoms with E-state index in [1.165, 1.54) is 12.1 Å². The van der Waals surface area contributed by atoms with Crippen molar-refractivity contribution in [3.63, 3.8) is 0 Å². The minimum atomic E-state index is -3.69. The Morgan fingerprint density at radius 2 is 1.76 bits per heavy atom. The molecule has 0 heterocycles. The van der Waals surface area contributed by atoms with Crippen molar-refractivity contribution >= 4 is 27.5 Å². The van der Waals surface area contributed by atoms with E-state index in [1.807, 2.05) is 20.8 Å². The summed E-state index contributed by atoms with van der Waals surface area (Å²) in [6, 6.07) is 6.44. The van der Waals surface area contributed by atoms with Gasteiger partial charge in [0.2, 0.25) is 15.9 Å². The van der Waals surface area contributed by atoms with Gasteiger partial charge in [-0.25, -0.2) is 13.1 Å².